The molecule has 9 nitrogen and oxygen atoms in total. The van der Waals surface area contributed by atoms with Crippen LogP contribution in [0.25, 0.3) is 16.9 Å². The lowest BCUT2D eigenvalue weighted by Crippen LogP contribution is -2.25. The fraction of sp³-hybridized carbons (Fsp3) is 0.118. The van der Waals surface area contributed by atoms with E-state index in [4.69, 9.17) is 4.42 Å². The molecule has 9 heteroatoms. The quantitative estimate of drug-likeness (QED) is 0.598. The van der Waals surface area contributed by atoms with Crippen LogP contribution in [0.15, 0.2) is 58.3 Å². The molecule has 3 aromatic heterocycles. The number of benzene rings is 1. The maximum Gasteiger partial charge on any atom is 0.420 e. The summed E-state index contributed by atoms with van der Waals surface area (Å²) in [5.74, 6) is 0.687. The highest BCUT2D eigenvalue weighted by atomic mass is 16.4. The fourth-order valence-electron chi connectivity index (χ4n) is 2.66. The molecule has 0 saturated heterocycles. The number of amides is 1. The summed E-state index contributed by atoms with van der Waals surface area (Å²) in [5, 5.41) is 2.67. The number of anilines is 1. The average molecular weight is 350 g/mol. The van der Waals surface area contributed by atoms with Crippen LogP contribution in [0.1, 0.15) is 5.82 Å². The molecule has 0 bridgehead atoms. The normalized spacial score (nSPS) is 11.0. The van der Waals surface area contributed by atoms with Crippen LogP contribution in [-0.2, 0) is 11.3 Å². The SMILES string of the molecule is Cc1nccn1-c1cc(NC(=O)Cn2c(=O)oc3ccccc32)ncn1. The van der Waals surface area contributed by atoms with Crippen molar-refractivity contribution >= 4 is 22.8 Å². The number of aromatic nitrogens is 5. The number of carbonyl (C=O) groups excluding carboxylic acids is 1. The Hall–Kier alpha value is -3.75. The number of oxazole rings is 1. The van der Waals surface area contributed by atoms with E-state index in [-0.39, 0.29) is 6.54 Å². The molecule has 0 fully saturated rings. The van der Waals surface area contributed by atoms with Gasteiger partial charge in [-0.3, -0.25) is 13.9 Å². The number of fused-ring (bicyclic) bond motifs is 1. The largest absolute Gasteiger partial charge is 0.420 e. The predicted octanol–water partition coefficient (Wildman–Crippen LogP) is 1.52. The van der Waals surface area contributed by atoms with Gasteiger partial charge in [-0.15, -0.1) is 0 Å². The zero-order valence-corrected chi connectivity index (χ0v) is 13.8. The second-order valence-corrected chi connectivity index (χ2v) is 5.58. The highest BCUT2D eigenvalue weighted by molar-refractivity contribution is 5.90. The molecule has 1 N–H and O–H groups in total. The molecule has 0 aliphatic heterocycles. The van der Waals surface area contributed by atoms with Gasteiger partial charge in [-0.05, 0) is 19.1 Å². The molecular formula is C17H14N6O3. The molecule has 26 heavy (non-hydrogen) atoms. The third-order valence-electron chi connectivity index (χ3n) is 3.87. The minimum atomic E-state index is -0.584. The molecule has 0 radical (unpaired) electrons. The van der Waals surface area contributed by atoms with Crippen molar-refractivity contribution < 1.29 is 9.21 Å². The highest BCUT2D eigenvalue weighted by Gasteiger charge is 2.13. The molecule has 1 aromatic carbocycles. The molecule has 3 heterocycles. The second kappa shape index (κ2) is 6.28. The topological polar surface area (TPSA) is 108 Å². The lowest BCUT2D eigenvalue weighted by molar-refractivity contribution is -0.116. The van der Waals surface area contributed by atoms with Gasteiger partial charge in [-0.25, -0.2) is 19.7 Å². The first-order valence-corrected chi connectivity index (χ1v) is 7.82. The monoisotopic (exact) mass is 350 g/mol. The van der Waals surface area contributed by atoms with Gasteiger partial charge in [0.15, 0.2) is 5.58 Å². The van der Waals surface area contributed by atoms with Gasteiger partial charge in [-0.2, -0.15) is 0 Å². The van der Waals surface area contributed by atoms with E-state index in [9.17, 15) is 9.59 Å². The number of nitrogens with one attached hydrogen (secondary N) is 1. The number of hydrogen-bond acceptors (Lipinski definition) is 6. The van der Waals surface area contributed by atoms with E-state index in [0.29, 0.717) is 22.7 Å². The smallest absolute Gasteiger partial charge is 0.408 e. The lowest BCUT2D eigenvalue weighted by Gasteiger charge is -2.07. The Morgan fingerprint density at radius 2 is 2.08 bits per heavy atom. The van der Waals surface area contributed by atoms with Crippen molar-refractivity contribution in [2.45, 2.75) is 13.5 Å². The van der Waals surface area contributed by atoms with Crippen molar-refractivity contribution in [3.05, 3.63) is 65.4 Å². The van der Waals surface area contributed by atoms with Gasteiger partial charge in [0.25, 0.3) is 0 Å². The summed E-state index contributed by atoms with van der Waals surface area (Å²) in [7, 11) is 0. The first-order valence-electron chi connectivity index (χ1n) is 7.82. The maximum atomic E-state index is 12.3. The molecule has 0 saturated carbocycles. The van der Waals surface area contributed by atoms with Crippen LogP contribution >= 0.6 is 0 Å². The van der Waals surface area contributed by atoms with E-state index in [1.165, 1.54) is 10.9 Å². The Labute approximate surface area is 146 Å². The number of imidazole rings is 1. The maximum absolute atomic E-state index is 12.3. The van der Waals surface area contributed by atoms with Gasteiger partial charge in [0.05, 0.1) is 5.52 Å². The molecule has 1 amide bonds. The Morgan fingerprint density at radius 1 is 1.23 bits per heavy atom. The first-order chi connectivity index (χ1) is 12.6. The van der Waals surface area contributed by atoms with Gasteiger partial charge in [-0.1, -0.05) is 12.1 Å². The molecule has 0 aliphatic rings. The highest BCUT2D eigenvalue weighted by Crippen LogP contribution is 2.13. The molecule has 0 unspecified atom stereocenters. The fourth-order valence-corrected chi connectivity index (χ4v) is 2.66. The van der Waals surface area contributed by atoms with Crippen LogP contribution in [0.5, 0.6) is 0 Å². The van der Waals surface area contributed by atoms with E-state index in [0.717, 1.165) is 5.82 Å². The number of carbonyl (C=O) groups is 1. The van der Waals surface area contributed by atoms with Crippen LogP contribution in [0.4, 0.5) is 5.82 Å². The summed E-state index contributed by atoms with van der Waals surface area (Å²) >= 11 is 0. The number of aryl methyl sites for hydroxylation is 1. The Bertz CT molecular complexity index is 1160. The van der Waals surface area contributed by atoms with E-state index < -0.39 is 11.7 Å². The minimum Gasteiger partial charge on any atom is -0.408 e. The van der Waals surface area contributed by atoms with Crippen LogP contribution in [0.2, 0.25) is 0 Å². The van der Waals surface area contributed by atoms with E-state index in [1.807, 2.05) is 6.92 Å². The zero-order chi connectivity index (χ0) is 18.1. The zero-order valence-electron chi connectivity index (χ0n) is 13.8. The molecule has 4 aromatic rings. The Kier molecular flexibility index (Phi) is 3.81. The van der Waals surface area contributed by atoms with Crippen LogP contribution in [0, 0.1) is 6.92 Å². The molecule has 0 aliphatic carbocycles. The van der Waals surface area contributed by atoms with E-state index >= 15 is 0 Å². The summed E-state index contributed by atoms with van der Waals surface area (Å²) < 4.78 is 8.16. The van der Waals surface area contributed by atoms with Crippen molar-refractivity contribution in [3.63, 3.8) is 0 Å². The number of nitrogens with zero attached hydrogens (tertiary/aromatic N) is 5. The second-order valence-electron chi connectivity index (χ2n) is 5.58. The van der Waals surface area contributed by atoms with Gasteiger partial charge in [0.1, 0.15) is 30.3 Å². The standard InChI is InChI=1S/C17H14N6O3/c1-11-18-6-7-22(11)15-8-14(19-10-20-15)21-16(24)9-23-12-4-2-3-5-13(12)26-17(23)25/h2-8,10H,9H2,1H3,(H,19,20,21,24). The third kappa shape index (κ3) is 2.86. The van der Waals surface area contributed by atoms with Gasteiger partial charge < -0.3 is 9.73 Å². The molecule has 130 valence electrons. The van der Waals surface area contributed by atoms with Gasteiger partial charge in [0.2, 0.25) is 5.91 Å². The number of hydrogen-bond donors (Lipinski definition) is 1. The number of rotatable bonds is 4. The van der Waals surface area contributed by atoms with Crippen LogP contribution in [-0.4, -0.2) is 30.0 Å². The van der Waals surface area contributed by atoms with Gasteiger partial charge in [0, 0.05) is 18.5 Å². The van der Waals surface area contributed by atoms with Crippen molar-refractivity contribution in [2.75, 3.05) is 5.32 Å². The van der Waals surface area contributed by atoms with E-state index in [1.54, 1.807) is 47.3 Å². The van der Waals surface area contributed by atoms with E-state index in [2.05, 4.69) is 20.3 Å². The molecule has 0 atom stereocenters. The predicted molar refractivity (Wildman–Crippen MR) is 93.0 cm³/mol. The summed E-state index contributed by atoms with van der Waals surface area (Å²) in [6.07, 6.45) is 4.77. The molecular weight excluding hydrogens is 336 g/mol. The minimum absolute atomic E-state index is 0.181. The third-order valence-corrected chi connectivity index (χ3v) is 3.87. The molecule has 0 spiro atoms. The van der Waals surface area contributed by atoms with Crippen LogP contribution < -0.4 is 11.1 Å². The van der Waals surface area contributed by atoms with Crippen LogP contribution in [0.3, 0.4) is 0 Å². The summed E-state index contributed by atoms with van der Waals surface area (Å²) in [6, 6.07) is 8.56. The van der Waals surface area contributed by atoms with Crippen molar-refractivity contribution in [1.29, 1.82) is 0 Å². The van der Waals surface area contributed by atoms with Crippen molar-refractivity contribution in [1.82, 2.24) is 24.1 Å². The first kappa shape index (κ1) is 15.8. The number of para-hydroxylation sites is 2. The Morgan fingerprint density at radius 3 is 2.88 bits per heavy atom. The summed E-state index contributed by atoms with van der Waals surface area (Å²) in [6.45, 7) is 1.66. The summed E-state index contributed by atoms with van der Waals surface area (Å²) in [4.78, 5) is 36.7. The summed E-state index contributed by atoms with van der Waals surface area (Å²) in [5.41, 5.74) is 0.996. The average Bonchev–Trinajstić information content (AvgIpc) is 3.19. The lowest BCUT2D eigenvalue weighted by atomic mass is 10.3. The van der Waals surface area contributed by atoms with Gasteiger partial charge >= 0.3 is 5.76 Å². The van der Waals surface area contributed by atoms with Crippen molar-refractivity contribution in [2.24, 2.45) is 0 Å². The Balaban J connectivity index is 1.56. The molecule has 4 rings (SSSR count). The van der Waals surface area contributed by atoms with Crippen molar-refractivity contribution in [3.8, 4) is 5.82 Å².